The van der Waals surface area contributed by atoms with Crippen molar-refractivity contribution in [1.29, 1.82) is 0 Å². The summed E-state index contributed by atoms with van der Waals surface area (Å²) in [5.41, 5.74) is 3.99. The average Bonchev–Trinajstić information content (AvgIpc) is 3.08. The predicted octanol–water partition coefficient (Wildman–Crippen LogP) is 9.97. The number of esters is 2. The van der Waals surface area contributed by atoms with Crippen molar-refractivity contribution >= 4 is 11.9 Å². The number of aromatic nitrogens is 3. The van der Waals surface area contributed by atoms with Crippen LogP contribution in [0.5, 0.6) is 0 Å². The fourth-order valence-electron chi connectivity index (χ4n) is 5.67. The molecule has 0 unspecified atom stereocenters. The van der Waals surface area contributed by atoms with Gasteiger partial charge in [-0.1, -0.05) is 110 Å². The van der Waals surface area contributed by atoms with Crippen molar-refractivity contribution in [3.05, 3.63) is 65.5 Å². The van der Waals surface area contributed by atoms with Crippen LogP contribution in [0.3, 0.4) is 0 Å². The molecule has 0 bridgehead atoms. The minimum Gasteiger partial charge on any atom is -0.465 e. The smallest absolute Gasteiger partial charge is 0.338 e. The third kappa shape index (κ3) is 13.1. The summed E-state index contributed by atoms with van der Waals surface area (Å²) in [6.45, 7) is 2.28. The molecule has 244 valence electrons. The number of hydrogen-bond acceptors (Lipinski definition) is 7. The maximum atomic E-state index is 12.5. The van der Waals surface area contributed by atoms with Crippen LogP contribution in [0.2, 0.25) is 0 Å². The van der Waals surface area contributed by atoms with E-state index < -0.39 is 11.9 Å². The maximum absolute atomic E-state index is 12.5. The van der Waals surface area contributed by atoms with Crippen molar-refractivity contribution in [1.82, 2.24) is 15.0 Å². The lowest BCUT2D eigenvalue weighted by Crippen LogP contribution is -2.05. The first-order valence-corrected chi connectivity index (χ1v) is 17.2. The van der Waals surface area contributed by atoms with Crippen molar-refractivity contribution in [2.45, 2.75) is 122 Å². The van der Waals surface area contributed by atoms with Crippen LogP contribution in [-0.2, 0) is 15.9 Å². The molecule has 0 aromatic carbocycles. The molecule has 0 atom stereocenters. The zero-order chi connectivity index (χ0) is 32.1. The number of ether oxygens (including phenoxy) is 2. The molecule has 3 aromatic rings. The van der Waals surface area contributed by atoms with E-state index in [2.05, 4.69) is 16.9 Å². The molecular formula is C38H53N3O4. The number of rotatable bonds is 22. The average molecular weight is 616 g/mol. The number of carbonyl (C=O) groups is 2. The zero-order valence-electron chi connectivity index (χ0n) is 27.8. The molecule has 0 aliphatic heterocycles. The lowest BCUT2D eigenvalue weighted by molar-refractivity contribution is 0.0591. The number of carbonyl (C=O) groups excluding carboxylic acids is 2. The largest absolute Gasteiger partial charge is 0.465 e. The van der Waals surface area contributed by atoms with E-state index in [0.717, 1.165) is 12.8 Å². The van der Waals surface area contributed by atoms with E-state index in [1.807, 2.05) is 12.1 Å². The van der Waals surface area contributed by atoms with Crippen molar-refractivity contribution in [2.75, 3.05) is 14.2 Å². The number of nitrogens with zero attached hydrogens (tertiary/aromatic N) is 3. The van der Waals surface area contributed by atoms with E-state index in [1.165, 1.54) is 129 Å². The molecule has 3 rings (SSSR count). The Labute approximate surface area is 270 Å². The quantitative estimate of drug-likeness (QED) is 0.0820. The highest BCUT2D eigenvalue weighted by Gasteiger charge is 2.16. The van der Waals surface area contributed by atoms with Gasteiger partial charge in [-0.2, -0.15) is 0 Å². The van der Waals surface area contributed by atoms with Gasteiger partial charge in [0.1, 0.15) is 0 Å². The van der Waals surface area contributed by atoms with Crippen LogP contribution in [0.1, 0.15) is 142 Å². The molecular weight excluding hydrogens is 562 g/mol. The maximum Gasteiger partial charge on any atom is 0.338 e. The topological polar surface area (TPSA) is 91.3 Å². The Morgan fingerprint density at radius 2 is 0.956 bits per heavy atom. The van der Waals surface area contributed by atoms with Gasteiger partial charge in [-0.3, -0.25) is 9.97 Å². The van der Waals surface area contributed by atoms with Crippen LogP contribution in [0, 0.1) is 0 Å². The van der Waals surface area contributed by atoms with Crippen molar-refractivity contribution in [3.63, 3.8) is 0 Å². The van der Waals surface area contributed by atoms with Crippen LogP contribution in [-0.4, -0.2) is 41.1 Å². The molecule has 0 aliphatic carbocycles. The van der Waals surface area contributed by atoms with Crippen LogP contribution in [0.15, 0.2) is 48.8 Å². The summed E-state index contributed by atoms with van der Waals surface area (Å²) in [4.78, 5) is 38.2. The van der Waals surface area contributed by atoms with E-state index in [1.54, 1.807) is 30.5 Å². The standard InChI is InChI=1S/C38H53N3O4/c1-4-5-6-7-8-9-10-11-12-13-14-15-16-17-18-19-20-21-30-22-24-39-33(26-30)35-28-32(38(43)45-3)29-36(41-35)34-27-31(23-25-40-34)37(42)44-2/h22-29H,4-21H2,1-3H3. The molecule has 0 saturated heterocycles. The number of unbranched alkanes of at least 4 members (excludes halogenated alkanes) is 16. The van der Waals surface area contributed by atoms with Gasteiger partial charge in [-0.05, 0) is 54.8 Å². The summed E-state index contributed by atoms with van der Waals surface area (Å²) in [5, 5.41) is 0. The Morgan fingerprint density at radius 3 is 1.47 bits per heavy atom. The minimum atomic E-state index is -0.483. The fourth-order valence-corrected chi connectivity index (χ4v) is 5.67. The first kappa shape index (κ1) is 35.9. The number of pyridine rings is 3. The summed E-state index contributed by atoms with van der Waals surface area (Å²) < 4.78 is 9.82. The lowest BCUT2D eigenvalue weighted by Gasteiger charge is -2.10. The van der Waals surface area contributed by atoms with Gasteiger partial charge in [0.2, 0.25) is 0 Å². The van der Waals surface area contributed by atoms with Crippen molar-refractivity contribution in [3.8, 4) is 22.8 Å². The Morgan fingerprint density at radius 1 is 0.533 bits per heavy atom. The highest BCUT2D eigenvalue weighted by molar-refractivity contribution is 5.93. The molecule has 7 heteroatoms. The second kappa shape index (κ2) is 21.2. The first-order valence-electron chi connectivity index (χ1n) is 17.2. The Hall–Kier alpha value is -3.61. The molecule has 7 nitrogen and oxygen atoms in total. The molecule has 0 radical (unpaired) electrons. The highest BCUT2D eigenvalue weighted by Crippen LogP contribution is 2.25. The monoisotopic (exact) mass is 615 g/mol. The van der Waals surface area contributed by atoms with E-state index in [-0.39, 0.29) is 0 Å². The molecule has 45 heavy (non-hydrogen) atoms. The van der Waals surface area contributed by atoms with Gasteiger partial charge < -0.3 is 9.47 Å². The van der Waals surface area contributed by atoms with Crippen LogP contribution in [0.4, 0.5) is 0 Å². The van der Waals surface area contributed by atoms with Crippen LogP contribution < -0.4 is 0 Å². The molecule has 0 fully saturated rings. The number of hydrogen-bond donors (Lipinski definition) is 0. The molecule has 0 spiro atoms. The highest BCUT2D eigenvalue weighted by atomic mass is 16.5. The zero-order valence-corrected chi connectivity index (χ0v) is 27.8. The van der Waals surface area contributed by atoms with Crippen molar-refractivity contribution < 1.29 is 19.1 Å². The predicted molar refractivity (Wildman–Crippen MR) is 181 cm³/mol. The summed E-state index contributed by atoms with van der Waals surface area (Å²) in [7, 11) is 2.67. The Kier molecular flexibility index (Phi) is 16.9. The Bertz CT molecular complexity index is 1310. The molecule has 0 saturated carbocycles. The second-order valence-electron chi connectivity index (χ2n) is 12.0. The van der Waals surface area contributed by atoms with Crippen molar-refractivity contribution in [2.24, 2.45) is 0 Å². The number of methoxy groups -OCH3 is 2. The molecule has 0 amide bonds. The fraction of sp³-hybridized carbons (Fsp3) is 0.553. The summed E-state index contributed by atoms with van der Waals surface area (Å²) in [5.74, 6) is -0.953. The first-order chi connectivity index (χ1) is 22.0. The van der Waals surface area contributed by atoms with Gasteiger partial charge in [0, 0.05) is 12.4 Å². The molecule has 0 N–H and O–H groups in total. The van der Waals surface area contributed by atoms with E-state index >= 15 is 0 Å². The summed E-state index contributed by atoms with van der Waals surface area (Å²) >= 11 is 0. The molecule has 0 aliphatic rings. The lowest BCUT2D eigenvalue weighted by atomic mass is 10.0. The molecule has 3 heterocycles. The van der Waals surface area contributed by atoms with Gasteiger partial charge in [0.05, 0.1) is 48.1 Å². The summed E-state index contributed by atoms with van der Waals surface area (Å²) in [6.07, 6.45) is 27.4. The molecule has 3 aromatic heterocycles. The number of aryl methyl sites for hydroxylation is 1. The normalized spacial score (nSPS) is 11.0. The van der Waals surface area contributed by atoms with Crippen LogP contribution >= 0.6 is 0 Å². The minimum absolute atomic E-state index is 0.336. The summed E-state index contributed by atoms with van der Waals surface area (Å²) in [6, 6.07) is 10.5. The Balaban J connectivity index is 1.42. The van der Waals surface area contributed by atoms with E-state index in [9.17, 15) is 9.59 Å². The second-order valence-corrected chi connectivity index (χ2v) is 12.0. The SMILES string of the molecule is CCCCCCCCCCCCCCCCCCCc1ccnc(-c2cc(C(=O)OC)cc(-c3cc(C(=O)OC)ccn3)n2)c1. The van der Waals surface area contributed by atoms with E-state index in [4.69, 9.17) is 14.5 Å². The van der Waals surface area contributed by atoms with Crippen LogP contribution in [0.25, 0.3) is 22.8 Å². The van der Waals surface area contributed by atoms with E-state index in [0.29, 0.717) is 33.9 Å². The third-order valence-corrected chi connectivity index (χ3v) is 8.35. The van der Waals surface area contributed by atoms with Gasteiger partial charge in [0.15, 0.2) is 0 Å². The van der Waals surface area contributed by atoms with Gasteiger partial charge in [-0.25, -0.2) is 14.6 Å². The van der Waals surface area contributed by atoms with Gasteiger partial charge >= 0.3 is 11.9 Å². The van der Waals surface area contributed by atoms with Gasteiger partial charge in [0.25, 0.3) is 0 Å². The van der Waals surface area contributed by atoms with Gasteiger partial charge in [-0.15, -0.1) is 0 Å². The third-order valence-electron chi connectivity index (χ3n) is 8.35.